The Kier molecular flexibility index (Phi) is 7.98. The Balaban J connectivity index is 1.55. The molecule has 0 saturated heterocycles. The van der Waals surface area contributed by atoms with Crippen molar-refractivity contribution in [2.24, 2.45) is 0 Å². The summed E-state index contributed by atoms with van der Waals surface area (Å²) >= 11 is 8.30. The van der Waals surface area contributed by atoms with Crippen LogP contribution in [-0.4, -0.2) is 42.0 Å². The van der Waals surface area contributed by atoms with Gasteiger partial charge in [0, 0.05) is 46.0 Å². The number of carbonyl (C=O) groups excluding carboxylic acids is 1. The number of hydrogen-bond acceptors (Lipinski definition) is 5. The van der Waals surface area contributed by atoms with E-state index in [9.17, 15) is 9.18 Å². The molecule has 1 N–H and O–H groups in total. The molecule has 0 unspecified atom stereocenters. The summed E-state index contributed by atoms with van der Waals surface area (Å²) < 4.78 is 20.6. The monoisotopic (exact) mass is 551 g/mol. The molecule has 1 amide bonds. The van der Waals surface area contributed by atoms with E-state index >= 15 is 0 Å². The topological polar surface area (TPSA) is 54.5 Å². The van der Waals surface area contributed by atoms with Gasteiger partial charge in [-0.15, -0.1) is 11.3 Å². The largest absolute Gasteiger partial charge is 0.496 e. The van der Waals surface area contributed by atoms with Gasteiger partial charge in [0.25, 0.3) is 5.91 Å². The lowest BCUT2D eigenvalue weighted by molar-refractivity contribution is 0.0604. The summed E-state index contributed by atoms with van der Waals surface area (Å²) in [7, 11) is 3.61. The van der Waals surface area contributed by atoms with Crippen LogP contribution in [0.3, 0.4) is 0 Å². The van der Waals surface area contributed by atoms with E-state index < -0.39 is 5.82 Å². The molecule has 8 heteroatoms. The number of nitrogens with one attached hydrogen (secondary N) is 1. The van der Waals surface area contributed by atoms with E-state index in [-0.39, 0.29) is 11.9 Å². The van der Waals surface area contributed by atoms with Crippen LogP contribution < -0.4 is 10.1 Å². The van der Waals surface area contributed by atoms with Crippen LogP contribution in [-0.2, 0) is 6.54 Å². The number of fused-ring (bicyclic) bond motifs is 1. The zero-order valence-electron chi connectivity index (χ0n) is 21.8. The standard InChI is InChI=1S/C30H31ClFN3O2S/c1-18-5-4-6-26-27(18)28(31)29(38-26)30(36)35(24-10-8-23(33-2)9-11-24)17-21-13-19(7-12-25(21)37-3)20-14-22(32)16-34-15-20/h4-7,12-16,23-24,33H,8-11,17H2,1-3H3/t23-,24-. The number of amides is 1. The molecule has 1 fully saturated rings. The fourth-order valence-corrected chi connectivity index (χ4v) is 7.05. The SMILES string of the molecule is CN[C@H]1CC[C@H](N(Cc2cc(-c3cncc(F)c3)ccc2OC)C(=O)c2sc3cccc(C)c3c2Cl)CC1. The lowest BCUT2D eigenvalue weighted by atomic mass is 9.89. The molecule has 1 aliphatic rings. The van der Waals surface area contributed by atoms with Gasteiger partial charge in [-0.3, -0.25) is 9.78 Å². The van der Waals surface area contributed by atoms with E-state index in [2.05, 4.69) is 10.3 Å². The predicted octanol–water partition coefficient (Wildman–Crippen LogP) is 7.25. The molecular formula is C30H31ClFN3O2S. The molecule has 0 spiro atoms. The van der Waals surface area contributed by atoms with Crippen molar-refractivity contribution < 1.29 is 13.9 Å². The number of benzene rings is 2. The number of aryl methyl sites for hydroxylation is 1. The number of methoxy groups -OCH3 is 1. The second-order valence-electron chi connectivity index (χ2n) is 9.84. The normalized spacial score (nSPS) is 17.5. The average molecular weight is 552 g/mol. The number of rotatable bonds is 7. The van der Waals surface area contributed by atoms with E-state index in [0.29, 0.717) is 33.8 Å². The van der Waals surface area contributed by atoms with Crippen LogP contribution in [0.25, 0.3) is 21.2 Å². The van der Waals surface area contributed by atoms with Gasteiger partial charge in [0.05, 0.1) is 18.3 Å². The number of aromatic nitrogens is 1. The molecule has 4 aromatic rings. The van der Waals surface area contributed by atoms with Crippen LogP contribution in [0.15, 0.2) is 54.9 Å². The second kappa shape index (κ2) is 11.4. The third kappa shape index (κ3) is 5.28. The maximum absolute atomic E-state index is 14.2. The van der Waals surface area contributed by atoms with Gasteiger partial charge in [0.2, 0.25) is 0 Å². The number of thiophene rings is 1. The number of hydrogen-bond donors (Lipinski definition) is 1. The third-order valence-electron chi connectivity index (χ3n) is 7.53. The van der Waals surface area contributed by atoms with Crippen molar-refractivity contribution in [2.75, 3.05) is 14.2 Å². The van der Waals surface area contributed by atoms with Crippen molar-refractivity contribution in [3.63, 3.8) is 0 Å². The molecule has 0 aliphatic heterocycles. The molecule has 198 valence electrons. The molecule has 2 aromatic heterocycles. The summed E-state index contributed by atoms with van der Waals surface area (Å²) in [4.78, 5) is 20.8. The van der Waals surface area contributed by atoms with Gasteiger partial charge in [-0.1, -0.05) is 29.8 Å². The molecule has 2 heterocycles. The van der Waals surface area contributed by atoms with Crippen molar-refractivity contribution in [1.29, 1.82) is 0 Å². The van der Waals surface area contributed by atoms with Crippen LogP contribution in [0.4, 0.5) is 4.39 Å². The minimum Gasteiger partial charge on any atom is -0.496 e. The predicted molar refractivity (Wildman–Crippen MR) is 153 cm³/mol. The molecule has 38 heavy (non-hydrogen) atoms. The molecular weight excluding hydrogens is 521 g/mol. The van der Waals surface area contributed by atoms with E-state index in [1.807, 2.05) is 55.3 Å². The molecule has 1 saturated carbocycles. The maximum Gasteiger partial charge on any atom is 0.266 e. The summed E-state index contributed by atoms with van der Waals surface area (Å²) in [6, 6.07) is 13.7. The molecule has 1 aliphatic carbocycles. The number of nitrogens with zero attached hydrogens (tertiary/aromatic N) is 2. The average Bonchev–Trinajstić information content (AvgIpc) is 3.28. The van der Waals surface area contributed by atoms with Crippen molar-refractivity contribution in [2.45, 2.75) is 51.2 Å². The molecule has 0 bridgehead atoms. The van der Waals surface area contributed by atoms with Gasteiger partial charge in [-0.25, -0.2) is 4.39 Å². The summed E-state index contributed by atoms with van der Waals surface area (Å²) in [6.45, 7) is 2.38. The van der Waals surface area contributed by atoms with E-state index in [1.54, 1.807) is 13.3 Å². The first-order chi connectivity index (χ1) is 18.4. The van der Waals surface area contributed by atoms with Gasteiger partial charge in [-0.2, -0.15) is 0 Å². The zero-order chi connectivity index (χ0) is 26.8. The van der Waals surface area contributed by atoms with Crippen molar-refractivity contribution in [3.8, 4) is 16.9 Å². The highest BCUT2D eigenvalue weighted by Gasteiger charge is 2.32. The van der Waals surface area contributed by atoms with Crippen molar-refractivity contribution in [3.05, 3.63) is 81.7 Å². The smallest absolute Gasteiger partial charge is 0.266 e. The first-order valence-electron chi connectivity index (χ1n) is 12.8. The highest BCUT2D eigenvalue weighted by atomic mass is 35.5. The van der Waals surface area contributed by atoms with Gasteiger partial charge in [0.1, 0.15) is 16.4 Å². The molecule has 0 atom stereocenters. The Labute approximate surface area is 231 Å². The van der Waals surface area contributed by atoms with Crippen molar-refractivity contribution >= 4 is 38.9 Å². The fraction of sp³-hybridized carbons (Fsp3) is 0.333. The first-order valence-corrected chi connectivity index (χ1v) is 14.0. The van der Waals surface area contributed by atoms with Gasteiger partial charge in [0.15, 0.2) is 0 Å². The van der Waals surface area contributed by atoms with Crippen LogP contribution >= 0.6 is 22.9 Å². The lowest BCUT2D eigenvalue weighted by Crippen LogP contribution is -2.44. The maximum atomic E-state index is 14.2. The fourth-order valence-electron chi connectivity index (χ4n) is 5.42. The highest BCUT2D eigenvalue weighted by molar-refractivity contribution is 7.21. The summed E-state index contributed by atoms with van der Waals surface area (Å²) in [5.41, 5.74) is 3.40. The van der Waals surface area contributed by atoms with E-state index in [1.165, 1.54) is 23.6 Å². The number of pyridine rings is 1. The minimum absolute atomic E-state index is 0.0663. The third-order valence-corrected chi connectivity index (χ3v) is 9.16. The Hall–Kier alpha value is -3.00. The van der Waals surface area contributed by atoms with Gasteiger partial charge < -0.3 is 15.0 Å². The first kappa shape index (κ1) is 26.6. The molecule has 2 aromatic carbocycles. The molecule has 5 nitrogen and oxygen atoms in total. The number of carbonyl (C=O) groups is 1. The number of ether oxygens (including phenoxy) is 1. The summed E-state index contributed by atoms with van der Waals surface area (Å²) in [6.07, 6.45) is 6.61. The van der Waals surface area contributed by atoms with Crippen LogP contribution in [0.2, 0.25) is 5.02 Å². The Morgan fingerprint density at radius 2 is 1.95 bits per heavy atom. The van der Waals surface area contributed by atoms with Gasteiger partial charge in [-0.05, 0) is 75.0 Å². The van der Waals surface area contributed by atoms with Gasteiger partial charge >= 0.3 is 0 Å². The minimum atomic E-state index is -0.396. The Morgan fingerprint density at radius 3 is 2.63 bits per heavy atom. The second-order valence-corrected chi connectivity index (χ2v) is 11.3. The molecule has 0 radical (unpaired) electrons. The summed E-state index contributed by atoms with van der Waals surface area (Å²) in [5, 5.41) is 4.84. The lowest BCUT2D eigenvalue weighted by Gasteiger charge is -2.37. The van der Waals surface area contributed by atoms with E-state index in [4.69, 9.17) is 16.3 Å². The zero-order valence-corrected chi connectivity index (χ0v) is 23.3. The number of halogens is 2. The highest BCUT2D eigenvalue weighted by Crippen LogP contribution is 2.39. The Bertz CT molecular complexity index is 1470. The van der Waals surface area contributed by atoms with Crippen LogP contribution in [0.1, 0.15) is 46.5 Å². The van der Waals surface area contributed by atoms with Crippen molar-refractivity contribution in [1.82, 2.24) is 15.2 Å². The van der Waals surface area contributed by atoms with E-state index in [0.717, 1.165) is 52.5 Å². The summed E-state index contributed by atoms with van der Waals surface area (Å²) in [5.74, 6) is 0.217. The molecule has 5 rings (SSSR count). The van der Waals surface area contributed by atoms with Crippen LogP contribution in [0.5, 0.6) is 5.75 Å². The quantitative estimate of drug-likeness (QED) is 0.263. The Morgan fingerprint density at radius 1 is 1.16 bits per heavy atom. The van der Waals surface area contributed by atoms with Crippen LogP contribution in [0, 0.1) is 12.7 Å².